The van der Waals surface area contributed by atoms with E-state index in [9.17, 15) is 0 Å². The van der Waals surface area contributed by atoms with E-state index in [-0.39, 0.29) is 0 Å². The topological polar surface area (TPSA) is 28.2 Å². The van der Waals surface area contributed by atoms with Crippen molar-refractivity contribution in [2.24, 2.45) is 0 Å². The number of benzene rings is 1. The largest absolute Gasteiger partial charge is 0.369 e. The zero-order valence-corrected chi connectivity index (χ0v) is 13.3. The molecule has 0 saturated heterocycles. The molecule has 0 aliphatic heterocycles. The minimum Gasteiger partial charge on any atom is -0.369 e. The Labute approximate surface area is 128 Å². The Hall–Kier alpha value is -1.87. The minimum absolute atomic E-state index is 0.827. The molecule has 0 aliphatic rings. The Morgan fingerprint density at radius 3 is 2.71 bits per heavy atom. The van der Waals surface area contributed by atoms with Crippen LogP contribution in [0.3, 0.4) is 0 Å². The molecule has 0 bridgehead atoms. The number of anilines is 1. The lowest BCUT2D eigenvalue weighted by Gasteiger charge is -2.20. The van der Waals surface area contributed by atoms with E-state index in [4.69, 9.17) is 0 Å². The molecule has 1 aromatic carbocycles. The average molecular weight is 283 g/mol. The fraction of sp³-hybridized carbons (Fsp3) is 0.389. The summed E-state index contributed by atoms with van der Waals surface area (Å²) in [7, 11) is 2.11. The van der Waals surface area contributed by atoms with Gasteiger partial charge in [-0.1, -0.05) is 19.1 Å². The lowest BCUT2D eigenvalue weighted by atomic mass is 10.1. The third-order valence-corrected chi connectivity index (χ3v) is 3.63. The van der Waals surface area contributed by atoms with Gasteiger partial charge >= 0.3 is 0 Å². The summed E-state index contributed by atoms with van der Waals surface area (Å²) in [5.74, 6) is 0. The van der Waals surface area contributed by atoms with Crippen molar-refractivity contribution in [3.8, 4) is 0 Å². The molecule has 21 heavy (non-hydrogen) atoms. The molecule has 0 unspecified atom stereocenters. The Morgan fingerprint density at radius 1 is 1.19 bits per heavy atom. The zero-order valence-electron chi connectivity index (χ0n) is 13.3. The summed E-state index contributed by atoms with van der Waals surface area (Å²) in [4.78, 5) is 6.62. The van der Waals surface area contributed by atoms with Gasteiger partial charge < -0.3 is 10.2 Å². The number of aryl methyl sites for hydroxylation is 1. The highest BCUT2D eigenvalue weighted by atomic mass is 15.1. The molecule has 0 spiro atoms. The quantitative estimate of drug-likeness (QED) is 0.788. The maximum absolute atomic E-state index is 4.38. The summed E-state index contributed by atoms with van der Waals surface area (Å²) < 4.78 is 0. The average Bonchev–Trinajstić information content (AvgIpc) is 2.50. The summed E-state index contributed by atoms with van der Waals surface area (Å²) in [6.07, 6.45) is 3.01. The lowest BCUT2D eigenvalue weighted by molar-refractivity contribution is 0.673. The van der Waals surface area contributed by atoms with Gasteiger partial charge in [0, 0.05) is 25.5 Å². The summed E-state index contributed by atoms with van der Waals surface area (Å²) >= 11 is 0. The van der Waals surface area contributed by atoms with Crippen LogP contribution < -0.4 is 10.2 Å². The number of aromatic nitrogens is 1. The standard InChI is InChI=1S/C18H25N3/c1-4-10-19-13-16-8-9-18(12-15(16)2)21(3)14-17-7-5-6-11-20-17/h5-9,11-12,19H,4,10,13-14H2,1-3H3. The summed E-state index contributed by atoms with van der Waals surface area (Å²) in [5.41, 5.74) is 5.03. The van der Waals surface area contributed by atoms with E-state index in [1.807, 2.05) is 18.3 Å². The molecular formula is C18H25N3. The maximum Gasteiger partial charge on any atom is 0.0598 e. The van der Waals surface area contributed by atoms with E-state index in [1.54, 1.807) is 0 Å². The predicted molar refractivity (Wildman–Crippen MR) is 89.5 cm³/mol. The molecule has 0 saturated carbocycles. The van der Waals surface area contributed by atoms with Crippen LogP contribution in [0.25, 0.3) is 0 Å². The van der Waals surface area contributed by atoms with E-state index in [0.717, 1.165) is 25.3 Å². The van der Waals surface area contributed by atoms with Gasteiger partial charge in [0.05, 0.1) is 12.2 Å². The molecule has 112 valence electrons. The first-order valence-corrected chi connectivity index (χ1v) is 7.62. The molecule has 1 N–H and O–H groups in total. The molecule has 0 atom stereocenters. The molecule has 0 fully saturated rings. The van der Waals surface area contributed by atoms with Crippen molar-refractivity contribution >= 4 is 5.69 Å². The molecule has 0 radical (unpaired) electrons. The Balaban J connectivity index is 2.01. The molecule has 2 aromatic rings. The highest BCUT2D eigenvalue weighted by Crippen LogP contribution is 2.19. The molecule has 0 aliphatic carbocycles. The molecular weight excluding hydrogens is 258 g/mol. The third-order valence-electron chi connectivity index (χ3n) is 3.63. The van der Waals surface area contributed by atoms with E-state index in [1.165, 1.54) is 23.2 Å². The molecule has 1 aromatic heterocycles. The van der Waals surface area contributed by atoms with Crippen molar-refractivity contribution in [2.45, 2.75) is 33.4 Å². The van der Waals surface area contributed by atoms with Gasteiger partial charge in [-0.3, -0.25) is 4.98 Å². The van der Waals surface area contributed by atoms with Crippen LogP contribution in [0.2, 0.25) is 0 Å². The van der Waals surface area contributed by atoms with Crippen LogP contribution in [0, 0.1) is 6.92 Å². The second-order valence-electron chi connectivity index (χ2n) is 5.46. The number of pyridine rings is 1. The lowest BCUT2D eigenvalue weighted by Crippen LogP contribution is -2.18. The van der Waals surface area contributed by atoms with Gasteiger partial charge in [-0.2, -0.15) is 0 Å². The smallest absolute Gasteiger partial charge is 0.0598 e. The highest BCUT2D eigenvalue weighted by Gasteiger charge is 2.05. The second-order valence-corrected chi connectivity index (χ2v) is 5.46. The number of nitrogens with one attached hydrogen (secondary N) is 1. The normalized spacial score (nSPS) is 10.6. The van der Waals surface area contributed by atoms with Gasteiger partial charge in [-0.05, 0) is 55.3 Å². The first-order valence-electron chi connectivity index (χ1n) is 7.62. The highest BCUT2D eigenvalue weighted by molar-refractivity contribution is 5.50. The fourth-order valence-electron chi connectivity index (χ4n) is 2.34. The maximum atomic E-state index is 4.38. The van der Waals surface area contributed by atoms with E-state index >= 15 is 0 Å². The van der Waals surface area contributed by atoms with E-state index in [0.29, 0.717) is 0 Å². The SMILES string of the molecule is CCCNCc1ccc(N(C)Cc2ccccn2)cc1C. The van der Waals surface area contributed by atoms with Crippen LogP contribution in [-0.4, -0.2) is 18.6 Å². The first-order chi connectivity index (χ1) is 10.2. The van der Waals surface area contributed by atoms with Gasteiger partial charge in [0.1, 0.15) is 0 Å². The fourth-order valence-corrected chi connectivity index (χ4v) is 2.34. The van der Waals surface area contributed by atoms with Crippen molar-refractivity contribution in [2.75, 3.05) is 18.5 Å². The number of hydrogen-bond acceptors (Lipinski definition) is 3. The molecule has 2 rings (SSSR count). The van der Waals surface area contributed by atoms with Crippen LogP contribution in [0.15, 0.2) is 42.6 Å². The van der Waals surface area contributed by atoms with Crippen LogP contribution in [0.5, 0.6) is 0 Å². The molecule has 1 heterocycles. The van der Waals surface area contributed by atoms with Crippen LogP contribution in [0.1, 0.15) is 30.2 Å². The Kier molecular flexibility index (Phi) is 5.76. The molecule has 0 amide bonds. The van der Waals surface area contributed by atoms with Crippen molar-refractivity contribution in [3.63, 3.8) is 0 Å². The van der Waals surface area contributed by atoms with Crippen molar-refractivity contribution in [1.29, 1.82) is 0 Å². The third kappa shape index (κ3) is 4.57. The van der Waals surface area contributed by atoms with Gasteiger partial charge in [0.15, 0.2) is 0 Å². The molecule has 3 nitrogen and oxygen atoms in total. The van der Waals surface area contributed by atoms with Gasteiger partial charge in [-0.25, -0.2) is 0 Å². The monoisotopic (exact) mass is 283 g/mol. The Morgan fingerprint density at radius 2 is 2.05 bits per heavy atom. The van der Waals surface area contributed by atoms with Crippen molar-refractivity contribution in [1.82, 2.24) is 10.3 Å². The van der Waals surface area contributed by atoms with E-state index < -0.39 is 0 Å². The number of hydrogen-bond donors (Lipinski definition) is 1. The van der Waals surface area contributed by atoms with Crippen molar-refractivity contribution in [3.05, 3.63) is 59.4 Å². The van der Waals surface area contributed by atoms with E-state index in [2.05, 4.69) is 60.4 Å². The minimum atomic E-state index is 0.827. The van der Waals surface area contributed by atoms with Gasteiger partial charge in [0.25, 0.3) is 0 Å². The van der Waals surface area contributed by atoms with Gasteiger partial charge in [0.2, 0.25) is 0 Å². The molecule has 3 heteroatoms. The Bertz CT molecular complexity index is 552. The van der Waals surface area contributed by atoms with Crippen LogP contribution in [0.4, 0.5) is 5.69 Å². The predicted octanol–water partition coefficient (Wildman–Crippen LogP) is 3.53. The zero-order chi connectivity index (χ0) is 15.1. The van der Waals surface area contributed by atoms with Gasteiger partial charge in [-0.15, -0.1) is 0 Å². The van der Waals surface area contributed by atoms with Crippen LogP contribution in [-0.2, 0) is 13.1 Å². The van der Waals surface area contributed by atoms with Crippen molar-refractivity contribution < 1.29 is 0 Å². The summed E-state index contributed by atoms with van der Waals surface area (Å²) in [5, 5.41) is 3.46. The first kappa shape index (κ1) is 15.5. The second kappa shape index (κ2) is 7.79. The van der Waals surface area contributed by atoms with Crippen LogP contribution >= 0.6 is 0 Å². The number of nitrogens with zero attached hydrogens (tertiary/aromatic N) is 2. The number of rotatable bonds is 7. The summed E-state index contributed by atoms with van der Waals surface area (Å²) in [6.45, 7) is 7.22. The summed E-state index contributed by atoms with van der Waals surface area (Å²) in [6, 6.07) is 12.7.